The second kappa shape index (κ2) is 10.2. The first-order valence-electron chi connectivity index (χ1n) is 11.3. The molecule has 0 saturated heterocycles. The zero-order chi connectivity index (χ0) is 22.7. The Morgan fingerprint density at radius 2 is 1.06 bits per heavy atom. The zero-order valence-electron chi connectivity index (χ0n) is 18.8. The van der Waals surface area contributed by atoms with Gasteiger partial charge in [0, 0.05) is 45.1 Å². The third kappa shape index (κ3) is 4.47. The Balaban J connectivity index is 0.000000156. The average Bonchev–Trinajstić information content (AvgIpc) is 3.49. The summed E-state index contributed by atoms with van der Waals surface area (Å²) in [6, 6.07) is 41.4. The number of nitrogens with zero attached hydrogens (tertiary/aromatic N) is 4. The number of rotatable bonds is 2. The summed E-state index contributed by atoms with van der Waals surface area (Å²) in [5.41, 5.74) is 6.60. The van der Waals surface area contributed by atoms with Crippen LogP contribution in [-0.4, -0.2) is 4.98 Å². The molecule has 0 spiro atoms. The first-order chi connectivity index (χ1) is 16.9. The van der Waals surface area contributed by atoms with Gasteiger partial charge in [-0.25, -0.2) is 0 Å². The molecule has 4 aromatic carbocycles. The number of para-hydroxylation sites is 5. The molecule has 2 aromatic heterocycles. The van der Waals surface area contributed by atoms with Crippen LogP contribution < -0.4 is 14.8 Å². The van der Waals surface area contributed by atoms with Gasteiger partial charge in [0.2, 0.25) is 0 Å². The summed E-state index contributed by atoms with van der Waals surface area (Å²) in [5.74, 6) is 0. The van der Waals surface area contributed by atoms with Crippen LogP contribution in [0.5, 0.6) is 0 Å². The van der Waals surface area contributed by atoms with Gasteiger partial charge in [-0.3, -0.25) is 0 Å². The molecule has 0 N–H and O–H groups in total. The van der Waals surface area contributed by atoms with Crippen molar-refractivity contribution in [3.63, 3.8) is 0 Å². The van der Waals surface area contributed by atoms with Crippen LogP contribution >= 0.6 is 0 Å². The molecule has 0 saturated carbocycles. The van der Waals surface area contributed by atoms with Gasteiger partial charge in [-0.1, -0.05) is 96.8 Å². The fourth-order valence-electron chi connectivity index (χ4n) is 4.31. The van der Waals surface area contributed by atoms with Gasteiger partial charge in [0.15, 0.2) is 0 Å². The molecule has 175 valence electrons. The van der Waals surface area contributed by atoms with Crippen LogP contribution in [0.2, 0.25) is 0 Å². The molecule has 35 heavy (non-hydrogen) atoms. The molecule has 4 nitrogen and oxygen atoms in total. The molecule has 1 radical (unpaired) electrons. The fraction of sp³-hybridized carbons (Fsp3) is 0. The Morgan fingerprint density at radius 1 is 0.543 bits per heavy atom. The summed E-state index contributed by atoms with van der Waals surface area (Å²) in [4.78, 5) is 13.1. The van der Waals surface area contributed by atoms with E-state index in [-0.39, 0.29) is 22.4 Å². The van der Waals surface area contributed by atoms with Crippen molar-refractivity contribution in [3.05, 3.63) is 134 Å². The first kappa shape index (κ1) is 22.9. The third-order valence-corrected chi connectivity index (χ3v) is 5.91. The van der Waals surface area contributed by atoms with E-state index in [1.54, 1.807) is 6.20 Å². The van der Waals surface area contributed by atoms with E-state index in [1.165, 1.54) is 28.1 Å². The van der Waals surface area contributed by atoms with Gasteiger partial charge in [-0.2, -0.15) is 0 Å². The number of pyridine rings is 1. The Morgan fingerprint density at radius 3 is 1.69 bits per heavy atom. The van der Waals surface area contributed by atoms with Crippen LogP contribution in [0.3, 0.4) is 0 Å². The summed E-state index contributed by atoms with van der Waals surface area (Å²) >= 11 is 0. The maximum atomic E-state index is 4.40. The van der Waals surface area contributed by atoms with E-state index in [4.69, 9.17) is 0 Å². The molecular formula is C30H22AuN4-2. The molecule has 1 aliphatic heterocycles. The van der Waals surface area contributed by atoms with Gasteiger partial charge in [0.25, 0.3) is 0 Å². The summed E-state index contributed by atoms with van der Waals surface area (Å²) in [5, 5.41) is 2.32. The minimum absolute atomic E-state index is 0. The Labute approximate surface area is 220 Å². The Hall–Kier alpha value is -3.83. The molecule has 6 aromatic rings. The zero-order valence-corrected chi connectivity index (χ0v) is 21.0. The van der Waals surface area contributed by atoms with E-state index < -0.39 is 0 Å². The molecule has 7 rings (SSSR count). The van der Waals surface area contributed by atoms with Crippen molar-refractivity contribution in [1.82, 2.24) is 9.97 Å². The molecule has 0 amide bonds. The van der Waals surface area contributed by atoms with Gasteiger partial charge in [0.1, 0.15) is 0 Å². The molecule has 1 aliphatic rings. The minimum atomic E-state index is 0. The number of benzene rings is 4. The number of hydrogen-bond donors (Lipinski definition) is 0. The number of hydrogen-bond acceptors (Lipinski definition) is 3. The minimum Gasteiger partial charge on any atom is -0.473 e. The molecule has 0 fully saturated rings. The van der Waals surface area contributed by atoms with Crippen molar-refractivity contribution < 1.29 is 22.4 Å². The van der Waals surface area contributed by atoms with Crippen LogP contribution in [0.15, 0.2) is 128 Å². The maximum absolute atomic E-state index is 4.40. The van der Waals surface area contributed by atoms with Gasteiger partial charge in [0.05, 0.1) is 0 Å². The third-order valence-electron chi connectivity index (χ3n) is 5.91. The van der Waals surface area contributed by atoms with E-state index in [0.29, 0.717) is 0 Å². The van der Waals surface area contributed by atoms with Crippen molar-refractivity contribution in [3.8, 4) is 0 Å². The van der Waals surface area contributed by atoms with Crippen molar-refractivity contribution in [1.29, 1.82) is 0 Å². The molecule has 0 atom stereocenters. The second-order valence-corrected chi connectivity index (χ2v) is 8.02. The quantitative estimate of drug-likeness (QED) is 0.146. The van der Waals surface area contributed by atoms with Gasteiger partial charge in [-0.15, -0.1) is 6.67 Å². The van der Waals surface area contributed by atoms with Gasteiger partial charge >= 0.3 is 0 Å². The second-order valence-electron chi connectivity index (χ2n) is 8.02. The summed E-state index contributed by atoms with van der Waals surface area (Å²) in [6.07, 6.45) is 1.77. The van der Waals surface area contributed by atoms with Gasteiger partial charge in [-0.05, 0) is 52.7 Å². The van der Waals surface area contributed by atoms with Gasteiger partial charge < -0.3 is 19.8 Å². The van der Waals surface area contributed by atoms with Crippen LogP contribution in [0.1, 0.15) is 0 Å². The monoisotopic (exact) mass is 635 g/mol. The Kier molecular flexibility index (Phi) is 6.68. The fourth-order valence-corrected chi connectivity index (χ4v) is 4.31. The predicted molar refractivity (Wildman–Crippen MR) is 140 cm³/mol. The normalized spacial score (nSPS) is 12.1. The molecule has 0 aliphatic carbocycles. The predicted octanol–water partition coefficient (Wildman–Crippen LogP) is 7.44. The molecular weight excluding hydrogens is 613 g/mol. The summed E-state index contributed by atoms with van der Waals surface area (Å²) < 4.78 is 0. The molecule has 5 heteroatoms. The standard InChI is InChI=1S/C19H15N2.C11H7N2.Au/c1-3-9-16(10-4-1)20-15-21(17-11-5-2-6-12-17)19-14-8-7-13-18(19)20;1-2-6-10-8(4-1)9-5-3-7-12-11(9)13-10;/h1-15H;1-7H;/q2*-1;. The van der Waals surface area contributed by atoms with E-state index in [9.17, 15) is 0 Å². The summed E-state index contributed by atoms with van der Waals surface area (Å²) in [7, 11) is 0. The number of aromatic nitrogens is 2. The van der Waals surface area contributed by atoms with Crippen molar-refractivity contribution in [2.24, 2.45) is 0 Å². The molecule has 3 heterocycles. The summed E-state index contributed by atoms with van der Waals surface area (Å²) in [6.45, 7) is 2.15. The smallest absolute Gasteiger partial charge is 0.0345 e. The average molecular weight is 636 g/mol. The molecule has 0 unspecified atom stereocenters. The SMILES string of the molecule is [Au].c1ccc(N2[CH-]N(c3ccccc3)c3ccccc32)cc1.c1ccc2c(c1)[n-]c1ncccc12. The van der Waals surface area contributed by atoms with Crippen LogP contribution in [0.4, 0.5) is 22.7 Å². The van der Waals surface area contributed by atoms with Crippen LogP contribution in [-0.2, 0) is 22.4 Å². The Bertz CT molecular complexity index is 1430. The largest absolute Gasteiger partial charge is 0.473 e. The van der Waals surface area contributed by atoms with E-state index >= 15 is 0 Å². The van der Waals surface area contributed by atoms with E-state index in [0.717, 1.165) is 16.6 Å². The van der Waals surface area contributed by atoms with Crippen LogP contribution in [0.25, 0.3) is 21.9 Å². The first-order valence-corrected chi connectivity index (χ1v) is 11.3. The molecule has 0 bridgehead atoms. The van der Waals surface area contributed by atoms with E-state index in [2.05, 4.69) is 111 Å². The maximum Gasteiger partial charge on any atom is 0.0345 e. The van der Waals surface area contributed by atoms with E-state index in [1.807, 2.05) is 36.4 Å². The van der Waals surface area contributed by atoms with Crippen LogP contribution in [0, 0.1) is 6.67 Å². The van der Waals surface area contributed by atoms with Crippen molar-refractivity contribution in [2.45, 2.75) is 0 Å². The number of anilines is 4. The van der Waals surface area contributed by atoms with Crippen molar-refractivity contribution in [2.75, 3.05) is 9.80 Å². The number of fused-ring (bicyclic) bond motifs is 4. The topological polar surface area (TPSA) is 33.5 Å². The van der Waals surface area contributed by atoms with Crippen molar-refractivity contribution >= 4 is 44.7 Å².